The van der Waals surface area contributed by atoms with Crippen LogP contribution in [0.1, 0.15) is 47.1 Å². The number of ether oxygens (including phenoxy) is 2. The third kappa shape index (κ3) is 6.71. The molecule has 0 aliphatic carbocycles. The van der Waals surface area contributed by atoms with E-state index >= 15 is 0 Å². The van der Waals surface area contributed by atoms with Gasteiger partial charge in [0.25, 0.3) is 5.91 Å². The number of benzene rings is 2. The highest BCUT2D eigenvalue weighted by Crippen LogP contribution is 2.14. The number of esters is 2. The van der Waals surface area contributed by atoms with Crippen LogP contribution in [0.5, 0.6) is 0 Å². The molecule has 0 fully saturated rings. The van der Waals surface area contributed by atoms with Crippen LogP contribution in [0.3, 0.4) is 0 Å². The summed E-state index contributed by atoms with van der Waals surface area (Å²) >= 11 is 0. The van der Waals surface area contributed by atoms with Crippen LogP contribution in [-0.2, 0) is 20.7 Å². The summed E-state index contributed by atoms with van der Waals surface area (Å²) in [5.74, 6) is -2.23. The van der Waals surface area contributed by atoms with Crippen molar-refractivity contribution in [3.05, 3.63) is 71.0 Å². The quantitative estimate of drug-likeness (QED) is 0.751. The van der Waals surface area contributed by atoms with Crippen LogP contribution in [0.25, 0.3) is 0 Å². The van der Waals surface area contributed by atoms with Gasteiger partial charge in [0, 0.05) is 12.0 Å². The van der Waals surface area contributed by atoms with E-state index in [0.29, 0.717) is 11.1 Å². The summed E-state index contributed by atoms with van der Waals surface area (Å²) in [7, 11) is 1.22. The van der Waals surface area contributed by atoms with Gasteiger partial charge in [-0.25, -0.2) is 14.0 Å². The molecule has 0 radical (unpaired) electrons. The Kier molecular flexibility index (Phi) is 7.09. The summed E-state index contributed by atoms with van der Waals surface area (Å²) in [6, 6.07) is 10.7. The Balaban J connectivity index is 2.11. The van der Waals surface area contributed by atoms with Crippen molar-refractivity contribution in [2.75, 3.05) is 7.11 Å². The predicted octanol–water partition coefficient (Wildman–Crippen LogP) is 3.30. The molecule has 0 saturated heterocycles. The van der Waals surface area contributed by atoms with Crippen molar-refractivity contribution in [1.29, 1.82) is 0 Å². The van der Waals surface area contributed by atoms with E-state index in [1.807, 2.05) is 0 Å². The third-order valence-electron chi connectivity index (χ3n) is 3.91. The number of carbonyl (C=O) groups excluding carboxylic acids is 3. The number of rotatable bonds is 6. The van der Waals surface area contributed by atoms with Gasteiger partial charge >= 0.3 is 11.9 Å². The van der Waals surface area contributed by atoms with E-state index in [2.05, 4.69) is 5.32 Å². The normalized spacial score (nSPS) is 12.0. The van der Waals surface area contributed by atoms with E-state index in [1.165, 1.54) is 25.3 Å². The number of amides is 1. The molecule has 0 aromatic heterocycles. The second-order valence-electron chi connectivity index (χ2n) is 7.46. The van der Waals surface area contributed by atoms with Crippen LogP contribution >= 0.6 is 0 Å². The summed E-state index contributed by atoms with van der Waals surface area (Å²) in [6.07, 6.45) is 0.141. The first kappa shape index (κ1) is 22.1. The van der Waals surface area contributed by atoms with Gasteiger partial charge in [-0.15, -0.1) is 0 Å². The fourth-order valence-electron chi connectivity index (χ4n) is 2.56. The number of nitrogens with one attached hydrogen (secondary N) is 1. The number of methoxy groups -OCH3 is 1. The molecule has 2 rings (SSSR count). The molecule has 1 amide bonds. The highest BCUT2D eigenvalue weighted by Gasteiger charge is 2.23. The number of hydrogen-bond acceptors (Lipinski definition) is 5. The first-order chi connectivity index (χ1) is 13.6. The molecule has 154 valence electrons. The molecule has 1 atom stereocenters. The Morgan fingerprint density at radius 1 is 1.03 bits per heavy atom. The van der Waals surface area contributed by atoms with Crippen LogP contribution in [-0.4, -0.2) is 36.6 Å². The van der Waals surface area contributed by atoms with Crippen molar-refractivity contribution in [3.63, 3.8) is 0 Å². The zero-order valence-corrected chi connectivity index (χ0v) is 16.8. The largest absolute Gasteiger partial charge is 0.467 e. The molecular formula is C22H24FNO5. The highest BCUT2D eigenvalue weighted by molar-refractivity contribution is 5.96. The fraction of sp³-hybridized carbons (Fsp3) is 0.318. The summed E-state index contributed by atoms with van der Waals surface area (Å²) in [5, 5.41) is 2.56. The standard InChI is InChI=1S/C22H24FNO5/c1-22(2,3)29-20(26)15-10-8-14(9-11-15)12-18(21(27)28-4)24-19(25)16-6-5-7-17(23)13-16/h5-11,13,18H,12H2,1-4H3,(H,24,25)/t18-/m0/s1. The minimum absolute atomic E-state index is 0.0965. The van der Waals surface area contributed by atoms with Gasteiger partial charge in [0.1, 0.15) is 17.5 Å². The van der Waals surface area contributed by atoms with Crippen molar-refractivity contribution in [2.45, 2.75) is 38.8 Å². The van der Waals surface area contributed by atoms with Crippen molar-refractivity contribution >= 4 is 17.8 Å². The maximum Gasteiger partial charge on any atom is 0.338 e. The molecule has 0 aliphatic rings. The van der Waals surface area contributed by atoms with Gasteiger partial charge < -0.3 is 14.8 Å². The monoisotopic (exact) mass is 401 g/mol. The van der Waals surface area contributed by atoms with Crippen LogP contribution in [0, 0.1) is 5.82 Å². The third-order valence-corrected chi connectivity index (χ3v) is 3.91. The van der Waals surface area contributed by atoms with E-state index in [9.17, 15) is 18.8 Å². The van der Waals surface area contributed by atoms with Crippen LogP contribution in [0.2, 0.25) is 0 Å². The van der Waals surface area contributed by atoms with Gasteiger partial charge in [-0.1, -0.05) is 18.2 Å². The van der Waals surface area contributed by atoms with Crippen molar-refractivity contribution in [1.82, 2.24) is 5.32 Å². The molecule has 0 heterocycles. The van der Waals surface area contributed by atoms with Gasteiger partial charge in [0.15, 0.2) is 0 Å². The second kappa shape index (κ2) is 9.32. The number of carbonyl (C=O) groups is 3. The number of hydrogen-bond donors (Lipinski definition) is 1. The fourth-order valence-corrected chi connectivity index (χ4v) is 2.56. The van der Waals surface area contributed by atoms with E-state index in [4.69, 9.17) is 9.47 Å². The SMILES string of the molecule is COC(=O)[C@H](Cc1ccc(C(=O)OC(C)(C)C)cc1)NC(=O)c1cccc(F)c1. The van der Waals surface area contributed by atoms with Crippen LogP contribution < -0.4 is 5.32 Å². The first-order valence-corrected chi connectivity index (χ1v) is 9.05. The molecule has 0 aliphatic heterocycles. The molecule has 1 N–H and O–H groups in total. The van der Waals surface area contributed by atoms with E-state index in [0.717, 1.165) is 6.07 Å². The lowest BCUT2D eigenvalue weighted by Gasteiger charge is -2.20. The van der Waals surface area contributed by atoms with Crippen LogP contribution in [0.4, 0.5) is 4.39 Å². The summed E-state index contributed by atoms with van der Waals surface area (Å²) in [6.45, 7) is 5.34. The van der Waals surface area contributed by atoms with E-state index < -0.39 is 35.3 Å². The molecule has 0 spiro atoms. The number of halogens is 1. The smallest absolute Gasteiger partial charge is 0.338 e. The minimum atomic E-state index is -0.969. The highest BCUT2D eigenvalue weighted by atomic mass is 19.1. The van der Waals surface area contributed by atoms with E-state index in [-0.39, 0.29) is 12.0 Å². The Bertz CT molecular complexity index is 887. The van der Waals surface area contributed by atoms with Gasteiger partial charge in [0.2, 0.25) is 0 Å². The topological polar surface area (TPSA) is 81.7 Å². The maximum absolute atomic E-state index is 13.3. The van der Waals surface area contributed by atoms with Gasteiger partial charge in [0.05, 0.1) is 12.7 Å². The molecule has 0 saturated carbocycles. The Labute approximate surface area is 169 Å². The Hall–Kier alpha value is -3.22. The van der Waals surface area contributed by atoms with Crippen molar-refractivity contribution in [3.8, 4) is 0 Å². The van der Waals surface area contributed by atoms with E-state index in [1.54, 1.807) is 45.0 Å². The lowest BCUT2D eigenvalue weighted by atomic mass is 10.0. The molecule has 7 heteroatoms. The summed E-state index contributed by atoms with van der Waals surface area (Å²) < 4.78 is 23.4. The molecule has 6 nitrogen and oxygen atoms in total. The van der Waals surface area contributed by atoms with Gasteiger partial charge in [-0.05, 0) is 56.7 Å². The average Bonchev–Trinajstić information content (AvgIpc) is 2.66. The zero-order valence-electron chi connectivity index (χ0n) is 16.8. The molecule has 0 bridgehead atoms. The molecule has 2 aromatic rings. The minimum Gasteiger partial charge on any atom is -0.467 e. The molecule has 29 heavy (non-hydrogen) atoms. The van der Waals surface area contributed by atoms with Crippen molar-refractivity contribution < 1.29 is 28.2 Å². The van der Waals surface area contributed by atoms with Crippen LogP contribution in [0.15, 0.2) is 48.5 Å². The lowest BCUT2D eigenvalue weighted by Crippen LogP contribution is -2.43. The summed E-state index contributed by atoms with van der Waals surface area (Å²) in [4.78, 5) is 36.5. The van der Waals surface area contributed by atoms with Crippen molar-refractivity contribution in [2.24, 2.45) is 0 Å². The zero-order chi connectivity index (χ0) is 21.6. The second-order valence-corrected chi connectivity index (χ2v) is 7.46. The molecule has 0 unspecified atom stereocenters. The first-order valence-electron chi connectivity index (χ1n) is 9.05. The molecule has 2 aromatic carbocycles. The average molecular weight is 401 g/mol. The Morgan fingerprint density at radius 2 is 1.69 bits per heavy atom. The lowest BCUT2D eigenvalue weighted by molar-refractivity contribution is -0.142. The van der Waals surface area contributed by atoms with Gasteiger partial charge in [-0.2, -0.15) is 0 Å². The maximum atomic E-state index is 13.3. The van der Waals surface area contributed by atoms with Gasteiger partial charge in [-0.3, -0.25) is 4.79 Å². The summed E-state index contributed by atoms with van der Waals surface area (Å²) in [5.41, 5.74) is 0.570. The molecular weight excluding hydrogens is 377 g/mol. The Morgan fingerprint density at radius 3 is 2.24 bits per heavy atom. The predicted molar refractivity (Wildman–Crippen MR) is 105 cm³/mol.